The van der Waals surface area contributed by atoms with Gasteiger partial charge in [-0.05, 0) is 78.1 Å². The van der Waals surface area contributed by atoms with Gasteiger partial charge in [0.05, 0.1) is 34.5 Å². The Morgan fingerprint density at radius 2 is 1.51 bits per heavy atom. The maximum Gasteiger partial charge on any atom is 0.322 e. The number of carbonyl (C=O) groups is 1. The summed E-state index contributed by atoms with van der Waals surface area (Å²) in [5, 5.41) is 2.90. The molecule has 35 heavy (non-hydrogen) atoms. The Morgan fingerprint density at radius 3 is 2.17 bits per heavy atom. The SMILES string of the molecule is COc1ccc(C[C@@H]2c3cc(OC)c(OC)cc3CCN2C(=O)Nc2ccc(F)cc2)cc1OC. The zero-order valence-corrected chi connectivity index (χ0v) is 20.3. The molecule has 1 aliphatic rings. The Hall–Kier alpha value is -3.94. The maximum atomic E-state index is 13.4. The fourth-order valence-electron chi connectivity index (χ4n) is 4.45. The number of methoxy groups -OCH3 is 4. The molecule has 0 aliphatic carbocycles. The quantitative estimate of drug-likeness (QED) is 0.501. The van der Waals surface area contributed by atoms with Gasteiger partial charge < -0.3 is 29.2 Å². The van der Waals surface area contributed by atoms with Gasteiger partial charge in [0.2, 0.25) is 0 Å². The number of anilines is 1. The third-order valence-corrected chi connectivity index (χ3v) is 6.24. The highest BCUT2D eigenvalue weighted by atomic mass is 19.1. The third-order valence-electron chi connectivity index (χ3n) is 6.24. The van der Waals surface area contributed by atoms with Crippen molar-refractivity contribution in [3.05, 3.63) is 77.1 Å². The molecular weight excluding hydrogens is 451 g/mol. The minimum absolute atomic E-state index is 0.262. The molecule has 0 saturated carbocycles. The van der Waals surface area contributed by atoms with Crippen LogP contribution in [0.1, 0.15) is 22.7 Å². The molecule has 3 aromatic rings. The van der Waals surface area contributed by atoms with Crippen molar-refractivity contribution in [2.24, 2.45) is 0 Å². The second-order valence-corrected chi connectivity index (χ2v) is 8.20. The maximum absolute atomic E-state index is 13.4. The lowest BCUT2D eigenvalue weighted by Gasteiger charge is -2.38. The van der Waals surface area contributed by atoms with Crippen LogP contribution in [0, 0.1) is 5.82 Å². The first kappa shape index (κ1) is 24.2. The number of nitrogens with one attached hydrogen (secondary N) is 1. The van der Waals surface area contributed by atoms with E-state index in [4.69, 9.17) is 18.9 Å². The Kier molecular flexibility index (Phi) is 7.29. The fraction of sp³-hybridized carbons (Fsp3) is 0.296. The Bertz CT molecular complexity index is 1200. The molecule has 1 atom stereocenters. The van der Waals surface area contributed by atoms with Crippen LogP contribution in [0.5, 0.6) is 23.0 Å². The molecule has 1 N–H and O–H groups in total. The number of ether oxygens (including phenoxy) is 4. The predicted octanol–water partition coefficient (Wildman–Crippen LogP) is 5.23. The number of hydrogen-bond donors (Lipinski definition) is 1. The normalized spacial score (nSPS) is 14.7. The van der Waals surface area contributed by atoms with Gasteiger partial charge in [-0.2, -0.15) is 0 Å². The van der Waals surface area contributed by atoms with Gasteiger partial charge in [-0.1, -0.05) is 6.07 Å². The number of carbonyl (C=O) groups excluding carboxylic acids is 1. The molecule has 0 radical (unpaired) electrons. The Morgan fingerprint density at radius 1 is 0.886 bits per heavy atom. The van der Waals surface area contributed by atoms with E-state index in [0.717, 1.165) is 16.7 Å². The zero-order valence-electron chi connectivity index (χ0n) is 20.3. The van der Waals surface area contributed by atoms with Crippen molar-refractivity contribution in [1.29, 1.82) is 0 Å². The molecule has 1 aliphatic heterocycles. The molecule has 1 heterocycles. The van der Waals surface area contributed by atoms with E-state index < -0.39 is 0 Å². The van der Waals surface area contributed by atoms with Crippen molar-refractivity contribution in [3.63, 3.8) is 0 Å². The Labute approximate surface area is 204 Å². The van der Waals surface area contributed by atoms with E-state index in [-0.39, 0.29) is 17.9 Å². The van der Waals surface area contributed by atoms with Crippen LogP contribution in [0.25, 0.3) is 0 Å². The lowest BCUT2D eigenvalue weighted by Crippen LogP contribution is -2.43. The minimum Gasteiger partial charge on any atom is -0.493 e. The van der Waals surface area contributed by atoms with Gasteiger partial charge in [0.15, 0.2) is 23.0 Å². The van der Waals surface area contributed by atoms with Crippen molar-refractivity contribution in [2.45, 2.75) is 18.9 Å². The number of hydrogen-bond acceptors (Lipinski definition) is 5. The average Bonchev–Trinajstić information content (AvgIpc) is 2.89. The van der Waals surface area contributed by atoms with Crippen molar-refractivity contribution in [2.75, 3.05) is 40.3 Å². The molecule has 184 valence electrons. The molecule has 0 unspecified atom stereocenters. The summed E-state index contributed by atoms with van der Waals surface area (Å²) in [6.45, 7) is 0.507. The largest absolute Gasteiger partial charge is 0.493 e. The molecule has 0 fully saturated rings. The summed E-state index contributed by atoms with van der Waals surface area (Å²) in [5.41, 5.74) is 3.59. The lowest BCUT2D eigenvalue weighted by molar-refractivity contribution is 0.181. The molecule has 0 bridgehead atoms. The first-order chi connectivity index (χ1) is 17.0. The van der Waals surface area contributed by atoms with Gasteiger partial charge in [0.25, 0.3) is 0 Å². The summed E-state index contributed by atoms with van der Waals surface area (Å²) < 4.78 is 35.2. The summed E-state index contributed by atoms with van der Waals surface area (Å²) in [5.74, 6) is 2.15. The number of urea groups is 1. The zero-order chi connectivity index (χ0) is 24.9. The standard InChI is InChI=1S/C27H29FN2O5/c1-32-23-10-5-17(14-24(23)33-2)13-22-21-16-26(35-4)25(34-3)15-18(21)11-12-30(22)27(31)29-20-8-6-19(28)7-9-20/h5-10,14-16,22H,11-13H2,1-4H3,(H,29,31)/t22-/m1/s1. The van der Waals surface area contributed by atoms with Gasteiger partial charge in [-0.25, -0.2) is 9.18 Å². The molecule has 2 amide bonds. The molecule has 4 rings (SSSR count). The molecular formula is C27H29FN2O5. The average molecular weight is 481 g/mol. The monoisotopic (exact) mass is 480 g/mol. The van der Waals surface area contributed by atoms with Crippen molar-refractivity contribution < 1.29 is 28.1 Å². The Balaban J connectivity index is 1.71. The summed E-state index contributed by atoms with van der Waals surface area (Å²) in [6.07, 6.45) is 1.20. The molecule has 8 heteroatoms. The van der Waals surface area contributed by atoms with Crippen LogP contribution in [0.3, 0.4) is 0 Å². The van der Waals surface area contributed by atoms with E-state index in [1.165, 1.54) is 12.1 Å². The van der Waals surface area contributed by atoms with E-state index in [1.807, 2.05) is 30.3 Å². The van der Waals surface area contributed by atoms with Crippen molar-refractivity contribution in [1.82, 2.24) is 4.90 Å². The molecule has 7 nitrogen and oxygen atoms in total. The second-order valence-electron chi connectivity index (χ2n) is 8.20. The van der Waals surface area contributed by atoms with E-state index in [2.05, 4.69) is 5.32 Å². The fourth-order valence-corrected chi connectivity index (χ4v) is 4.45. The smallest absolute Gasteiger partial charge is 0.322 e. The number of rotatable bonds is 7. The van der Waals surface area contributed by atoms with E-state index in [9.17, 15) is 9.18 Å². The summed E-state index contributed by atoms with van der Waals surface area (Å²) in [6, 6.07) is 14.8. The van der Waals surface area contributed by atoms with Gasteiger partial charge in [0.1, 0.15) is 5.82 Å². The third kappa shape index (κ3) is 5.11. The van der Waals surface area contributed by atoms with Crippen molar-refractivity contribution >= 4 is 11.7 Å². The summed E-state index contributed by atoms with van der Waals surface area (Å²) in [4.78, 5) is 15.2. The summed E-state index contributed by atoms with van der Waals surface area (Å²) in [7, 11) is 6.39. The number of halogens is 1. The van der Waals surface area contributed by atoms with Crippen LogP contribution in [-0.4, -0.2) is 45.9 Å². The van der Waals surface area contributed by atoms with Crippen LogP contribution in [-0.2, 0) is 12.8 Å². The van der Waals surface area contributed by atoms with Gasteiger partial charge in [-0.3, -0.25) is 0 Å². The van der Waals surface area contributed by atoms with Gasteiger partial charge in [-0.15, -0.1) is 0 Å². The van der Waals surface area contributed by atoms with Crippen LogP contribution in [0.4, 0.5) is 14.9 Å². The number of nitrogens with zero attached hydrogens (tertiary/aromatic N) is 1. The topological polar surface area (TPSA) is 69.3 Å². The summed E-state index contributed by atoms with van der Waals surface area (Å²) >= 11 is 0. The van der Waals surface area contributed by atoms with E-state index in [1.54, 1.807) is 45.5 Å². The highest BCUT2D eigenvalue weighted by molar-refractivity contribution is 5.90. The highest BCUT2D eigenvalue weighted by Crippen LogP contribution is 2.40. The second kappa shape index (κ2) is 10.5. The van der Waals surface area contributed by atoms with E-state index in [0.29, 0.717) is 48.1 Å². The number of benzene rings is 3. The van der Waals surface area contributed by atoms with Gasteiger partial charge >= 0.3 is 6.03 Å². The predicted molar refractivity (Wildman–Crippen MR) is 131 cm³/mol. The van der Waals surface area contributed by atoms with Crippen LogP contribution in [0.2, 0.25) is 0 Å². The van der Waals surface area contributed by atoms with Crippen molar-refractivity contribution in [3.8, 4) is 23.0 Å². The van der Waals surface area contributed by atoms with Crippen LogP contribution < -0.4 is 24.3 Å². The number of amides is 2. The first-order valence-corrected chi connectivity index (χ1v) is 11.3. The lowest BCUT2D eigenvalue weighted by atomic mass is 9.88. The van der Waals surface area contributed by atoms with E-state index >= 15 is 0 Å². The minimum atomic E-state index is -0.359. The van der Waals surface area contributed by atoms with Crippen LogP contribution in [0.15, 0.2) is 54.6 Å². The molecule has 3 aromatic carbocycles. The molecule has 0 saturated heterocycles. The molecule has 0 aromatic heterocycles. The van der Waals surface area contributed by atoms with Crippen LogP contribution >= 0.6 is 0 Å². The number of fused-ring (bicyclic) bond motifs is 1. The highest BCUT2D eigenvalue weighted by Gasteiger charge is 2.32. The molecule has 0 spiro atoms. The first-order valence-electron chi connectivity index (χ1n) is 11.3. The van der Waals surface area contributed by atoms with Gasteiger partial charge in [0, 0.05) is 12.2 Å².